The van der Waals surface area contributed by atoms with Crippen LogP contribution in [-0.2, 0) is 0 Å². The summed E-state index contributed by atoms with van der Waals surface area (Å²) in [6.45, 7) is 0. The molecule has 110 valence electrons. The minimum atomic E-state index is -0.352. The second-order valence-electron chi connectivity index (χ2n) is 5.17. The highest BCUT2D eigenvalue weighted by Crippen LogP contribution is 2.59. The summed E-state index contributed by atoms with van der Waals surface area (Å²) in [7, 11) is 2.09. The molecule has 0 saturated heterocycles. The van der Waals surface area contributed by atoms with Gasteiger partial charge in [-0.2, -0.15) is 0 Å². The van der Waals surface area contributed by atoms with E-state index in [4.69, 9.17) is 0 Å². The molecule has 1 atom stereocenters. The molecular weight excluding hydrogens is 316 g/mol. The van der Waals surface area contributed by atoms with Gasteiger partial charge in [-0.3, -0.25) is 10.1 Å². The molecule has 2 aliphatic heterocycles. The molecule has 0 N–H and O–H groups in total. The molecule has 0 radical (unpaired) electrons. The van der Waals surface area contributed by atoms with Gasteiger partial charge in [0.15, 0.2) is 4.20 Å². The Morgan fingerprint density at radius 3 is 2.68 bits per heavy atom. The van der Waals surface area contributed by atoms with E-state index in [-0.39, 0.29) is 14.8 Å². The number of hydrogen-bond acceptors (Lipinski definition) is 5. The fourth-order valence-electron chi connectivity index (χ4n) is 2.71. The summed E-state index contributed by atoms with van der Waals surface area (Å²) in [5, 5.41) is 10.9. The van der Waals surface area contributed by atoms with Gasteiger partial charge in [-0.15, -0.1) is 0 Å². The predicted molar refractivity (Wildman–Crippen MR) is 91.4 cm³/mol. The number of fused-ring (bicyclic) bond motifs is 2. The lowest BCUT2D eigenvalue weighted by Gasteiger charge is -2.35. The van der Waals surface area contributed by atoms with Gasteiger partial charge in [0.2, 0.25) is 0 Å². The van der Waals surface area contributed by atoms with Crippen molar-refractivity contribution in [3.63, 3.8) is 0 Å². The Morgan fingerprint density at radius 1 is 1.14 bits per heavy atom. The molecule has 1 spiro atoms. The van der Waals surface area contributed by atoms with E-state index < -0.39 is 0 Å². The van der Waals surface area contributed by atoms with Crippen molar-refractivity contribution in [3.8, 4) is 0 Å². The van der Waals surface area contributed by atoms with Crippen LogP contribution in [-0.4, -0.2) is 16.2 Å². The number of nitrogens with zero attached hydrogens (tertiary/aromatic N) is 2. The van der Waals surface area contributed by atoms with Crippen molar-refractivity contribution >= 4 is 41.0 Å². The molecule has 0 aliphatic carbocycles. The van der Waals surface area contributed by atoms with E-state index >= 15 is 0 Å². The van der Waals surface area contributed by atoms with Gasteiger partial charge in [0.1, 0.15) is 0 Å². The van der Waals surface area contributed by atoms with Crippen LogP contribution in [0.1, 0.15) is 5.56 Å². The third kappa shape index (κ3) is 1.94. The summed E-state index contributed by atoms with van der Waals surface area (Å²) >= 11 is 3.54. The van der Waals surface area contributed by atoms with Crippen LogP contribution in [0.4, 0.5) is 11.4 Å². The molecule has 0 aromatic heterocycles. The second kappa shape index (κ2) is 4.79. The van der Waals surface area contributed by atoms with Crippen LogP contribution >= 0.6 is 23.5 Å². The van der Waals surface area contributed by atoms with Gasteiger partial charge in [-0.1, -0.05) is 41.7 Å². The molecule has 6 heteroatoms. The first-order valence-corrected chi connectivity index (χ1v) is 8.41. The van der Waals surface area contributed by atoms with Crippen molar-refractivity contribution < 1.29 is 4.92 Å². The zero-order valence-corrected chi connectivity index (χ0v) is 13.4. The average Bonchev–Trinajstić information content (AvgIpc) is 2.79. The topological polar surface area (TPSA) is 46.4 Å². The van der Waals surface area contributed by atoms with Crippen molar-refractivity contribution in [1.29, 1.82) is 0 Å². The van der Waals surface area contributed by atoms with Crippen LogP contribution in [0, 0.1) is 10.1 Å². The van der Waals surface area contributed by atoms with Gasteiger partial charge >= 0.3 is 0 Å². The fraction of sp³-hybridized carbons (Fsp3) is 0.125. The summed E-state index contributed by atoms with van der Waals surface area (Å²) in [4.78, 5) is 15.1. The van der Waals surface area contributed by atoms with Crippen LogP contribution in [0.3, 0.4) is 0 Å². The third-order valence-corrected chi connectivity index (χ3v) is 6.95. The van der Waals surface area contributed by atoms with Crippen LogP contribution in [0.15, 0.2) is 58.3 Å². The van der Waals surface area contributed by atoms with Gasteiger partial charge in [0, 0.05) is 29.0 Å². The Labute approximate surface area is 136 Å². The second-order valence-corrected chi connectivity index (χ2v) is 7.97. The maximum Gasteiger partial charge on any atom is 0.270 e. The minimum absolute atomic E-state index is 0.135. The normalized spacial score (nSPS) is 21.8. The van der Waals surface area contributed by atoms with E-state index in [0.29, 0.717) is 0 Å². The van der Waals surface area contributed by atoms with E-state index in [9.17, 15) is 10.1 Å². The standard InChI is InChI=1S/C16H12N2O2S2/c1-17-13-4-2-3-5-15(13)22-16(17)9-8-11-10-12(18(19)20)6-7-14(11)21-16/h2-10H,1H3. The number of para-hydroxylation sites is 1. The number of thioether (sulfide) groups is 2. The summed E-state index contributed by atoms with van der Waals surface area (Å²) in [5.41, 5.74) is 2.26. The molecule has 1 unspecified atom stereocenters. The quantitative estimate of drug-likeness (QED) is 0.565. The number of hydrogen-bond donors (Lipinski definition) is 0. The molecule has 4 nitrogen and oxygen atoms in total. The Morgan fingerprint density at radius 2 is 1.91 bits per heavy atom. The highest BCUT2D eigenvalue weighted by molar-refractivity contribution is 8.19. The van der Waals surface area contributed by atoms with Gasteiger partial charge in [-0.05, 0) is 29.8 Å². The van der Waals surface area contributed by atoms with Crippen molar-refractivity contribution in [2.24, 2.45) is 0 Å². The largest absolute Gasteiger partial charge is 0.347 e. The van der Waals surface area contributed by atoms with Crippen LogP contribution in [0.2, 0.25) is 0 Å². The number of anilines is 1. The van der Waals surface area contributed by atoms with Crippen LogP contribution in [0.25, 0.3) is 6.08 Å². The number of benzene rings is 2. The zero-order valence-electron chi connectivity index (χ0n) is 11.7. The molecule has 2 heterocycles. The van der Waals surface area contributed by atoms with Crippen molar-refractivity contribution in [1.82, 2.24) is 0 Å². The Hall–Kier alpha value is -1.92. The van der Waals surface area contributed by atoms with Crippen molar-refractivity contribution in [2.45, 2.75) is 14.0 Å². The number of likely N-dealkylation sites (N-methyl/N-ethyl adjacent to an activating group) is 1. The monoisotopic (exact) mass is 328 g/mol. The first-order valence-electron chi connectivity index (χ1n) is 6.78. The van der Waals surface area contributed by atoms with Gasteiger partial charge in [-0.25, -0.2) is 0 Å². The van der Waals surface area contributed by atoms with E-state index in [1.54, 1.807) is 23.9 Å². The first-order chi connectivity index (χ1) is 10.6. The summed E-state index contributed by atoms with van der Waals surface area (Å²) in [6, 6.07) is 13.4. The number of nitro groups is 1. The smallest absolute Gasteiger partial charge is 0.270 e. The molecule has 2 aromatic carbocycles. The minimum Gasteiger partial charge on any atom is -0.347 e. The highest BCUT2D eigenvalue weighted by Gasteiger charge is 2.43. The molecule has 22 heavy (non-hydrogen) atoms. The molecule has 2 aromatic rings. The average molecular weight is 328 g/mol. The Balaban J connectivity index is 1.74. The summed E-state index contributed by atoms with van der Waals surface area (Å²) in [5.74, 6) is 0. The lowest BCUT2D eigenvalue weighted by atomic mass is 10.1. The maximum absolute atomic E-state index is 10.9. The van der Waals surface area contributed by atoms with E-state index in [0.717, 1.165) is 10.5 Å². The number of nitro benzene ring substituents is 1. The molecule has 0 bridgehead atoms. The molecule has 0 fully saturated rings. The van der Waals surface area contributed by atoms with E-state index in [1.165, 1.54) is 10.6 Å². The summed E-state index contributed by atoms with van der Waals surface area (Å²) in [6.07, 6.45) is 4.13. The fourth-order valence-corrected chi connectivity index (χ4v) is 5.62. The number of non-ortho nitro benzene ring substituents is 1. The van der Waals surface area contributed by atoms with Crippen LogP contribution in [0.5, 0.6) is 0 Å². The first kappa shape index (κ1) is 13.7. The van der Waals surface area contributed by atoms with Gasteiger partial charge < -0.3 is 4.90 Å². The van der Waals surface area contributed by atoms with Crippen molar-refractivity contribution in [2.75, 3.05) is 11.9 Å². The number of rotatable bonds is 1. The predicted octanol–water partition coefficient (Wildman–Crippen LogP) is 4.61. The maximum atomic E-state index is 10.9. The molecule has 2 aliphatic rings. The zero-order chi connectivity index (χ0) is 15.3. The SMILES string of the molecule is CN1c2ccccc2SC12C=Cc1cc([N+](=O)[O-])ccc1S2. The lowest BCUT2D eigenvalue weighted by Crippen LogP contribution is -2.36. The van der Waals surface area contributed by atoms with Crippen LogP contribution < -0.4 is 4.90 Å². The van der Waals surface area contributed by atoms with Crippen molar-refractivity contribution in [3.05, 3.63) is 64.2 Å². The Bertz CT molecular complexity index is 822. The molecular formula is C16H12N2O2S2. The van der Waals surface area contributed by atoms with Gasteiger partial charge in [0.05, 0.1) is 10.6 Å². The third-order valence-electron chi connectivity index (χ3n) is 3.88. The molecule has 0 amide bonds. The van der Waals surface area contributed by atoms with E-state index in [1.807, 2.05) is 36.0 Å². The highest BCUT2D eigenvalue weighted by atomic mass is 32.2. The van der Waals surface area contributed by atoms with Gasteiger partial charge in [0.25, 0.3) is 5.69 Å². The lowest BCUT2D eigenvalue weighted by molar-refractivity contribution is -0.384. The summed E-state index contributed by atoms with van der Waals surface area (Å²) < 4.78 is -0.215. The molecule has 4 rings (SSSR count). The molecule has 0 saturated carbocycles. The Kier molecular flexibility index (Phi) is 2.99. The van der Waals surface area contributed by atoms with E-state index in [2.05, 4.69) is 30.2 Å².